The maximum atomic E-state index is 10.4. The van der Waals surface area contributed by atoms with Crippen LogP contribution in [0.25, 0.3) is 0 Å². The van der Waals surface area contributed by atoms with Crippen molar-refractivity contribution in [1.82, 2.24) is 0 Å². The van der Waals surface area contributed by atoms with E-state index in [1.54, 1.807) is 0 Å². The van der Waals surface area contributed by atoms with Crippen molar-refractivity contribution in [2.24, 2.45) is 0 Å². The summed E-state index contributed by atoms with van der Waals surface area (Å²) in [5, 5.41) is 10.4. The Morgan fingerprint density at radius 3 is 2.19 bits per heavy atom. The lowest BCUT2D eigenvalue weighted by molar-refractivity contribution is 0.169. The fourth-order valence-electron chi connectivity index (χ4n) is 2.76. The number of aryl methyl sites for hydroxylation is 2. The molecule has 0 aromatic heterocycles. The van der Waals surface area contributed by atoms with Crippen LogP contribution >= 0.6 is 0 Å². The zero-order chi connectivity index (χ0) is 15.2. The highest BCUT2D eigenvalue weighted by Gasteiger charge is 2.11. The van der Waals surface area contributed by atoms with E-state index in [0.29, 0.717) is 0 Å². The first-order chi connectivity index (χ1) is 10.1. The average Bonchev–Trinajstić information content (AvgIpc) is 2.47. The third-order valence-corrected chi connectivity index (χ3v) is 3.80. The summed E-state index contributed by atoms with van der Waals surface area (Å²) in [6.07, 6.45) is 0.340. The Balaban J connectivity index is 2.01. The largest absolute Gasteiger partial charge is 0.388 e. The standard InChI is InChI=1S/C19H25NO/c1-4-20(18-8-6-5-7-9-18)11-10-19(21)17-13-15(2)12-16(3)14-17/h5-9,12-14,19,21H,4,10-11H2,1-3H3. The third kappa shape index (κ3) is 4.33. The van der Waals surface area contributed by atoms with Crippen LogP contribution in [-0.2, 0) is 0 Å². The maximum Gasteiger partial charge on any atom is 0.0807 e. The van der Waals surface area contributed by atoms with Gasteiger partial charge in [-0.25, -0.2) is 0 Å². The summed E-state index contributed by atoms with van der Waals surface area (Å²) in [5.74, 6) is 0. The van der Waals surface area contributed by atoms with Crippen molar-refractivity contribution in [2.75, 3.05) is 18.0 Å². The van der Waals surface area contributed by atoms with Crippen molar-refractivity contribution in [1.29, 1.82) is 0 Å². The molecular formula is C19H25NO. The number of hydrogen-bond acceptors (Lipinski definition) is 2. The Bertz CT molecular complexity index is 545. The number of benzene rings is 2. The molecule has 21 heavy (non-hydrogen) atoms. The van der Waals surface area contributed by atoms with Gasteiger partial charge in [0.25, 0.3) is 0 Å². The number of nitrogens with zero attached hydrogens (tertiary/aromatic N) is 1. The van der Waals surface area contributed by atoms with Crippen LogP contribution in [0.15, 0.2) is 48.5 Å². The lowest BCUT2D eigenvalue weighted by Gasteiger charge is -2.24. The topological polar surface area (TPSA) is 23.5 Å². The van der Waals surface area contributed by atoms with Gasteiger partial charge in [-0.05, 0) is 44.9 Å². The van der Waals surface area contributed by atoms with Crippen molar-refractivity contribution < 1.29 is 5.11 Å². The number of aliphatic hydroxyl groups is 1. The van der Waals surface area contributed by atoms with Gasteiger partial charge in [0.05, 0.1) is 6.10 Å². The molecule has 0 saturated carbocycles. The first kappa shape index (κ1) is 15.6. The highest BCUT2D eigenvalue weighted by molar-refractivity contribution is 5.45. The van der Waals surface area contributed by atoms with E-state index in [2.05, 4.69) is 68.1 Å². The fraction of sp³-hybridized carbons (Fsp3) is 0.368. The molecule has 1 N–H and O–H groups in total. The SMILES string of the molecule is CCN(CCC(O)c1cc(C)cc(C)c1)c1ccccc1. The minimum atomic E-state index is -0.402. The van der Waals surface area contributed by atoms with Gasteiger partial charge in [0.1, 0.15) is 0 Å². The Morgan fingerprint density at radius 2 is 1.62 bits per heavy atom. The number of para-hydroxylation sites is 1. The Labute approximate surface area is 128 Å². The average molecular weight is 283 g/mol. The first-order valence-corrected chi connectivity index (χ1v) is 7.66. The molecule has 2 heteroatoms. The smallest absolute Gasteiger partial charge is 0.0807 e. The van der Waals surface area contributed by atoms with E-state index in [1.807, 2.05) is 6.07 Å². The zero-order valence-corrected chi connectivity index (χ0v) is 13.2. The molecule has 0 fully saturated rings. The van der Waals surface area contributed by atoms with Gasteiger partial charge in [0.2, 0.25) is 0 Å². The van der Waals surface area contributed by atoms with Crippen molar-refractivity contribution in [3.8, 4) is 0 Å². The molecule has 0 radical (unpaired) electrons. The van der Waals surface area contributed by atoms with Crippen LogP contribution in [0.2, 0.25) is 0 Å². The summed E-state index contributed by atoms with van der Waals surface area (Å²) >= 11 is 0. The van der Waals surface area contributed by atoms with Crippen LogP contribution in [0.1, 0.15) is 36.1 Å². The molecule has 0 amide bonds. The molecule has 1 atom stereocenters. The van der Waals surface area contributed by atoms with Crippen molar-refractivity contribution >= 4 is 5.69 Å². The summed E-state index contributed by atoms with van der Waals surface area (Å²) in [5.41, 5.74) is 4.66. The van der Waals surface area contributed by atoms with E-state index < -0.39 is 6.10 Å². The Morgan fingerprint density at radius 1 is 1.00 bits per heavy atom. The van der Waals surface area contributed by atoms with Crippen LogP contribution in [-0.4, -0.2) is 18.2 Å². The first-order valence-electron chi connectivity index (χ1n) is 7.66. The third-order valence-electron chi connectivity index (χ3n) is 3.80. The second-order valence-corrected chi connectivity index (χ2v) is 5.64. The predicted molar refractivity (Wildman–Crippen MR) is 89.8 cm³/mol. The molecule has 0 spiro atoms. The van der Waals surface area contributed by atoms with Gasteiger partial charge in [0, 0.05) is 18.8 Å². The molecule has 0 aliphatic rings. The summed E-state index contributed by atoms with van der Waals surface area (Å²) in [6, 6.07) is 16.7. The van der Waals surface area contributed by atoms with Gasteiger partial charge in [-0.15, -0.1) is 0 Å². The lowest BCUT2D eigenvalue weighted by atomic mass is 10.0. The molecule has 0 saturated heterocycles. The highest BCUT2D eigenvalue weighted by atomic mass is 16.3. The molecule has 112 valence electrons. The number of hydrogen-bond donors (Lipinski definition) is 1. The second kappa shape index (κ2) is 7.28. The molecular weight excluding hydrogens is 258 g/mol. The van der Waals surface area contributed by atoms with Crippen LogP contribution in [0.5, 0.6) is 0 Å². The molecule has 0 heterocycles. The van der Waals surface area contributed by atoms with Crippen LogP contribution < -0.4 is 4.90 Å². The summed E-state index contributed by atoms with van der Waals surface area (Å²) in [7, 11) is 0. The monoisotopic (exact) mass is 283 g/mol. The molecule has 2 aromatic carbocycles. The summed E-state index contributed by atoms with van der Waals surface area (Å²) in [4.78, 5) is 2.30. The fourth-order valence-corrected chi connectivity index (χ4v) is 2.76. The van der Waals surface area contributed by atoms with Gasteiger partial charge >= 0.3 is 0 Å². The van der Waals surface area contributed by atoms with Gasteiger partial charge in [-0.2, -0.15) is 0 Å². The molecule has 2 nitrogen and oxygen atoms in total. The molecule has 1 unspecified atom stereocenters. The lowest BCUT2D eigenvalue weighted by Crippen LogP contribution is -2.25. The van der Waals surface area contributed by atoms with Crippen LogP contribution in [0.4, 0.5) is 5.69 Å². The van der Waals surface area contributed by atoms with Gasteiger partial charge in [-0.3, -0.25) is 0 Å². The van der Waals surface area contributed by atoms with Crippen molar-refractivity contribution in [3.63, 3.8) is 0 Å². The Hall–Kier alpha value is -1.80. The van der Waals surface area contributed by atoms with Crippen molar-refractivity contribution in [2.45, 2.75) is 33.3 Å². The van der Waals surface area contributed by atoms with Gasteiger partial charge < -0.3 is 10.0 Å². The number of aliphatic hydroxyl groups excluding tert-OH is 1. The van der Waals surface area contributed by atoms with E-state index >= 15 is 0 Å². The minimum Gasteiger partial charge on any atom is -0.388 e. The van der Waals surface area contributed by atoms with E-state index in [9.17, 15) is 5.11 Å². The van der Waals surface area contributed by atoms with Gasteiger partial charge in [-0.1, -0.05) is 47.5 Å². The van der Waals surface area contributed by atoms with E-state index in [-0.39, 0.29) is 0 Å². The summed E-state index contributed by atoms with van der Waals surface area (Å²) < 4.78 is 0. The van der Waals surface area contributed by atoms with Crippen LogP contribution in [0, 0.1) is 13.8 Å². The normalized spacial score (nSPS) is 12.2. The number of anilines is 1. The predicted octanol–water partition coefficient (Wildman–Crippen LogP) is 4.25. The van der Waals surface area contributed by atoms with Crippen LogP contribution in [0.3, 0.4) is 0 Å². The molecule has 0 aliphatic carbocycles. The molecule has 2 rings (SSSR count). The minimum absolute atomic E-state index is 0.402. The van der Waals surface area contributed by atoms with E-state index in [1.165, 1.54) is 16.8 Å². The van der Waals surface area contributed by atoms with Gasteiger partial charge in [0.15, 0.2) is 0 Å². The summed E-state index contributed by atoms with van der Waals surface area (Å²) in [6.45, 7) is 8.10. The molecule has 0 bridgehead atoms. The highest BCUT2D eigenvalue weighted by Crippen LogP contribution is 2.21. The maximum absolute atomic E-state index is 10.4. The number of rotatable bonds is 6. The quantitative estimate of drug-likeness (QED) is 0.856. The van der Waals surface area contributed by atoms with E-state index in [0.717, 1.165) is 25.1 Å². The molecule has 2 aromatic rings. The van der Waals surface area contributed by atoms with Crippen molar-refractivity contribution in [3.05, 3.63) is 65.2 Å². The zero-order valence-electron chi connectivity index (χ0n) is 13.2. The molecule has 0 aliphatic heterocycles. The second-order valence-electron chi connectivity index (χ2n) is 5.64. The Kier molecular flexibility index (Phi) is 5.40. The van der Waals surface area contributed by atoms with E-state index in [4.69, 9.17) is 0 Å².